The quantitative estimate of drug-likeness (QED) is 0.156. The number of phenolic OH excluding ortho intramolecular Hbond substituents is 2. The van der Waals surface area contributed by atoms with Crippen molar-refractivity contribution < 1.29 is 38.9 Å². The van der Waals surface area contributed by atoms with Crippen LogP contribution in [0, 0.1) is 0 Å². The number of phenols is 2. The maximum absolute atomic E-state index is 14.4. The lowest BCUT2D eigenvalue weighted by Gasteiger charge is -2.35. The van der Waals surface area contributed by atoms with Crippen LogP contribution in [0.15, 0.2) is 48.5 Å². The van der Waals surface area contributed by atoms with Gasteiger partial charge in [0.25, 0.3) is 0 Å². The van der Waals surface area contributed by atoms with Gasteiger partial charge < -0.3 is 35.2 Å². The summed E-state index contributed by atoms with van der Waals surface area (Å²) in [6.45, 7) is 9.20. The van der Waals surface area contributed by atoms with Gasteiger partial charge in [0.05, 0.1) is 13.0 Å². The number of ether oxygens (including phenoxy) is 2. The Balaban J connectivity index is 2.53. The van der Waals surface area contributed by atoms with E-state index in [9.17, 15) is 29.4 Å². The molecule has 3 amide bonds. The molecule has 0 radical (unpaired) electrons. The molecule has 0 heterocycles. The highest BCUT2D eigenvalue weighted by molar-refractivity contribution is 5.92. The van der Waals surface area contributed by atoms with Crippen LogP contribution in [0.25, 0.3) is 0 Å². The van der Waals surface area contributed by atoms with E-state index in [4.69, 9.17) is 9.47 Å². The number of rotatable bonds is 16. The summed E-state index contributed by atoms with van der Waals surface area (Å²) in [5.74, 6) is -1.77. The van der Waals surface area contributed by atoms with Crippen molar-refractivity contribution in [2.75, 3.05) is 19.7 Å². The Morgan fingerprint density at radius 1 is 0.932 bits per heavy atom. The number of carbonyl (C=O) groups is 4. The summed E-state index contributed by atoms with van der Waals surface area (Å²) in [7, 11) is 0. The molecule has 0 bridgehead atoms. The predicted molar refractivity (Wildman–Crippen MR) is 166 cm³/mol. The van der Waals surface area contributed by atoms with Crippen LogP contribution in [-0.4, -0.2) is 70.3 Å². The van der Waals surface area contributed by atoms with Crippen LogP contribution in [0.4, 0.5) is 4.79 Å². The molecule has 0 aromatic heterocycles. The molecular formula is C33H47N3O8. The van der Waals surface area contributed by atoms with Gasteiger partial charge >= 0.3 is 12.1 Å². The number of amides is 3. The van der Waals surface area contributed by atoms with Crippen LogP contribution in [0.1, 0.15) is 83.9 Å². The molecule has 2 atom stereocenters. The number of nitrogens with zero attached hydrogens (tertiary/aromatic N) is 1. The van der Waals surface area contributed by atoms with Gasteiger partial charge in [-0.25, -0.2) is 4.79 Å². The van der Waals surface area contributed by atoms with Crippen LogP contribution in [0.2, 0.25) is 0 Å². The third-order valence-electron chi connectivity index (χ3n) is 6.63. The number of benzene rings is 2. The number of alkyl carbamates (subject to hydrolysis) is 1. The normalized spacial score (nSPS) is 12.5. The van der Waals surface area contributed by atoms with E-state index < -0.39 is 41.6 Å². The van der Waals surface area contributed by atoms with Crippen molar-refractivity contribution in [3.63, 3.8) is 0 Å². The van der Waals surface area contributed by atoms with Crippen LogP contribution in [0.3, 0.4) is 0 Å². The molecule has 0 spiro atoms. The lowest BCUT2D eigenvalue weighted by Crippen LogP contribution is -2.54. The Labute approximate surface area is 259 Å². The highest BCUT2D eigenvalue weighted by Gasteiger charge is 2.37. The average Bonchev–Trinajstić information content (AvgIpc) is 2.95. The second-order valence-electron chi connectivity index (χ2n) is 11.5. The maximum Gasteiger partial charge on any atom is 0.408 e. The second-order valence-corrected chi connectivity index (χ2v) is 11.5. The van der Waals surface area contributed by atoms with Gasteiger partial charge in [-0.05, 0) is 57.9 Å². The largest absolute Gasteiger partial charge is 0.508 e. The van der Waals surface area contributed by atoms with Crippen molar-refractivity contribution in [1.29, 1.82) is 0 Å². The van der Waals surface area contributed by atoms with Gasteiger partial charge in [-0.2, -0.15) is 0 Å². The standard InChI is InChI=1S/C33H47N3O8/c1-6-8-9-12-21-36(29(25-13-10-11-14-27(25)38)30(40)34-20-19-28(39)43-7-2)31(41)26(35-32(42)44-33(3,4)5)22-23-15-17-24(37)18-16-23/h10-11,13-18,26,29,37-38H,6-9,12,19-22H2,1-5H3,(H,34,40)(H,35,42). The number of hydrogen-bond acceptors (Lipinski definition) is 8. The van der Waals surface area contributed by atoms with E-state index in [1.165, 1.54) is 23.1 Å². The molecule has 0 fully saturated rings. The molecule has 4 N–H and O–H groups in total. The Hall–Kier alpha value is -4.28. The molecule has 242 valence electrons. The third-order valence-corrected chi connectivity index (χ3v) is 6.63. The van der Waals surface area contributed by atoms with E-state index in [1.54, 1.807) is 58.0 Å². The van der Waals surface area contributed by atoms with Gasteiger partial charge in [0.15, 0.2) is 0 Å². The summed E-state index contributed by atoms with van der Waals surface area (Å²) < 4.78 is 10.4. The first-order valence-corrected chi connectivity index (χ1v) is 15.1. The number of unbranched alkanes of at least 4 members (excludes halogenated alkanes) is 3. The lowest BCUT2D eigenvalue weighted by atomic mass is 9.99. The topological polar surface area (TPSA) is 154 Å². The molecule has 0 aliphatic rings. The summed E-state index contributed by atoms with van der Waals surface area (Å²) in [6, 6.07) is 10.1. The lowest BCUT2D eigenvalue weighted by molar-refractivity contribution is -0.144. The third kappa shape index (κ3) is 12.1. The number of para-hydroxylation sites is 1. The van der Waals surface area contributed by atoms with E-state index in [2.05, 4.69) is 17.6 Å². The Kier molecular flexibility index (Phi) is 14.5. The zero-order chi connectivity index (χ0) is 32.7. The number of hydrogen-bond donors (Lipinski definition) is 4. The predicted octanol–water partition coefficient (Wildman–Crippen LogP) is 4.75. The van der Waals surface area contributed by atoms with Gasteiger partial charge in [0.2, 0.25) is 11.8 Å². The second kappa shape index (κ2) is 17.7. The van der Waals surface area contributed by atoms with Gasteiger partial charge in [0, 0.05) is 25.1 Å². The number of nitrogens with one attached hydrogen (secondary N) is 2. The maximum atomic E-state index is 14.4. The first-order chi connectivity index (χ1) is 20.9. The highest BCUT2D eigenvalue weighted by Crippen LogP contribution is 2.30. The van der Waals surface area contributed by atoms with Crippen molar-refractivity contribution in [2.45, 2.75) is 90.8 Å². The molecule has 0 saturated carbocycles. The molecule has 2 aromatic carbocycles. The van der Waals surface area contributed by atoms with Gasteiger partial charge in [-0.3, -0.25) is 14.4 Å². The van der Waals surface area contributed by atoms with Gasteiger partial charge in [0.1, 0.15) is 29.2 Å². The molecule has 0 aliphatic carbocycles. The van der Waals surface area contributed by atoms with Crippen molar-refractivity contribution in [3.8, 4) is 11.5 Å². The molecule has 44 heavy (non-hydrogen) atoms. The zero-order valence-corrected chi connectivity index (χ0v) is 26.4. The van der Waals surface area contributed by atoms with Crippen molar-refractivity contribution in [2.24, 2.45) is 0 Å². The van der Waals surface area contributed by atoms with Crippen LogP contribution >= 0.6 is 0 Å². The van der Waals surface area contributed by atoms with Gasteiger partial charge in [-0.15, -0.1) is 0 Å². The van der Waals surface area contributed by atoms with E-state index >= 15 is 0 Å². The summed E-state index contributed by atoms with van der Waals surface area (Å²) in [5, 5.41) is 26.0. The number of aromatic hydroxyl groups is 2. The van der Waals surface area contributed by atoms with Gasteiger partial charge in [-0.1, -0.05) is 56.5 Å². The Bertz CT molecular complexity index is 1230. The first kappa shape index (κ1) is 35.9. The Morgan fingerprint density at radius 3 is 2.23 bits per heavy atom. The van der Waals surface area contributed by atoms with Crippen molar-refractivity contribution in [3.05, 3.63) is 59.7 Å². The molecule has 2 unspecified atom stereocenters. The fraction of sp³-hybridized carbons (Fsp3) is 0.515. The van der Waals surface area contributed by atoms with Crippen LogP contribution in [-0.2, 0) is 30.3 Å². The molecule has 0 saturated heterocycles. The fourth-order valence-corrected chi connectivity index (χ4v) is 4.58. The molecule has 2 rings (SSSR count). The SMILES string of the molecule is CCCCCCN(C(=O)C(Cc1ccc(O)cc1)NC(=O)OC(C)(C)C)C(C(=O)NCCC(=O)OCC)c1ccccc1O. The molecule has 11 heteroatoms. The molecule has 0 aliphatic heterocycles. The highest BCUT2D eigenvalue weighted by atomic mass is 16.6. The van der Waals surface area contributed by atoms with E-state index in [0.29, 0.717) is 12.0 Å². The fourth-order valence-electron chi connectivity index (χ4n) is 4.58. The minimum absolute atomic E-state index is 0.0350. The molecular weight excluding hydrogens is 566 g/mol. The van der Waals surface area contributed by atoms with Crippen LogP contribution in [0.5, 0.6) is 11.5 Å². The minimum Gasteiger partial charge on any atom is -0.508 e. The number of esters is 1. The molecule has 2 aromatic rings. The van der Waals surface area contributed by atoms with E-state index in [1.807, 2.05) is 0 Å². The minimum atomic E-state index is -1.27. The smallest absolute Gasteiger partial charge is 0.408 e. The summed E-state index contributed by atoms with van der Waals surface area (Å²) >= 11 is 0. The van der Waals surface area contributed by atoms with Crippen LogP contribution < -0.4 is 10.6 Å². The zero-order valence-electron chi connectivity index (χ0n) is 26.4. The Morgan fingerprint density at radius 2 is 1.61 bits per heavy atom. The monoisotopic (exact) mass is 613 g/mol. The van der Waals surface area contributed by atoms with Crippen molar-refractivity contribution >= 4 is 23.9 Å². The first-order valence-electron chi connectivity index (χ1n) is 15.1. The van der Waals surface area contributed by atoms with Crippen molar-refractivity contribution in [1.82, 2.24) is 15.5 Å². The molecule has 11 nitrogen and oxygen atoms in total. The van der Waals surface area contributed by atoms with E-state index in [0.717, 1.165) is 19.3 Å². The summed E-state index contributed by atoms with van der Waals surface area (Å²) in [6.07, 6.45) is 2.40. The number of carbonyl (C=O) groups excluding carboxylic acids is 4. The average molecular weight is 614 g/mol. The van der Waals surface area contributed by atoms with E-state index in [-0.39, 0.29) is 49.6 Å². The summed E-state index contributed by atoms with van der Waals surface area (Å²) in [4.78, 5) is 54.4. The summed E-state index contributed by atoms with van der Waals surface area (Å²) in [5.41, 5.74) is 0.0273.